The largest absolute Gasteiger partial charge is 0.293 e. The SMILES string of the molecule is C=CC(C)C1C(=O)C(=O)c2ccccc2C1=O. The van der Waals surface area contributed by atoms with Gasteiger partial charge in [-0.3, -0.25) is 14.4 Å². The first-order chi connectivity index (χ1) is 8.07. The van der Waals surface area contributed by atoms with Crippen LogP contribution in [0.5, 0.6) is 0 Å². The number of rotatable bonds is 2. The van der Waals surface area contributed by atoms with E-state index in [2.05, 4.69) is 6.58 Å². The molecule has 0 N–H and O–H groups in total. The standard InChI is InChI=1S/C14H12O3/c1-3-8(2)11-12(15)9-6-4-5-7-10(9)13(16)14(11)17/h3-8,11H,1H2,2H3. The fourth-order valence-corrected chi connectivity index (χ4v) is 2.07. The van der Waals surface area contributed by atoms with Crippen molar-refractivity contribution in [1.82, 2.24) is 0 Å². The third-order valence-corrected chi connectivity index (χ3v) is 3.12. The zero-order valence-electron chi connectivity index (χ0n) is 9.47. The zero-order chi connectivity index (χ0) is 12.6. The van der Waals surface area contributed by atoms with Gasteiger partial charge in [-0.1, -0.05) is 37.3 Å². The molecule has 1 aliphatic carbocycles. The summed E-state index contributed by atoms with van der Waals surface area (Å²) < 4.78 is 0. The number of Topliss-reactive ketones (excluding diaryl/α,β-unsaturated/α-hetero) is 3. The van der Waals surface area contributed by atoms with Crippen LogP contribution in [0.3, 0.4) is 0 Å². The van der Waals surface area contributed by atoms with Crippen LogP contribution in [-0.4, -0.2) is 17.3 Å². The molecule has 1 aromatic rings. The molecule has 1 aliphatic rings. The molecular formula is C14H12O3. The lowest BCUT2D eigenvalue weighted by atomic mass is 9.75. The quantitative estimate of drug-likeness (QED) is 0.442. The summed E-state index contributed by atoms with van der Waals surface area (Å²) in [6, 6.07) is 6.44. The van der Waals surface area contributed by atoms with E-state index in [4.69, 9.17) is 0 Å². The molecule has 3 nitrogen and oxygen atoms in total. The summed E-state index contributed by atoms with van der Waals surface area (Å²) in [6.07, 6.45) is 1.53. The highest BCUT2D eigenvalue weighted by molar-refractivity contribution is 6.51. The first-order valence-electron chi connectivity index (χ1n) is 5.42. The third-order valence-electron chi connectivity index (χ3n) is 3.12. The van der Waals surface area contributed by atoms with E-state index >= 15 is 0 Å². The molecule has 86 valence electrons. The number of carbonyl (C=O) groups is 3. The van der Waals surface area contributed by atoms with Gasteiger partial charge in [0.25, 0.3) is 0 Å². The molecule has 0 spiro atoms. The average molecular weight is 228 g/mol. The average Bonchev–Trinajstić information content (AvgIpc) is 2.36. The van der Waals surface area contributed by atoms with Gasteiger partial charge in [-0.25, -0.2) is 0 Å². The molecule has 2 atom stereocenters. The summed E-state index contributed by atoms with van der Waals surface area (Å²) in [5, 5.41) is 0. The van der Waals surface area contributed by atoms with Crippen LogP contribution in [0.15, 0.2) is 36.9 Å². The smallest absolute Gasteiger partial charge is 0.230 e. The van der Waals surface area contributed by atoms with Crippen LogP contribution in [0.4, 0.5) is 0 Å². The lowest BCUT2D eigenvalue weighted by Gasteiger charge is -2.23. The molecule has 2 rings (SSSR count). The second-order valence-corrected chi connectivity index (χ2v) is 4.18. The molecule has 17 heavy (non-hydrogen) atoms. The number of hydrogen-bond acceptors (Lipinski definition) is 3. The Balaban J connectivity index is 2.58. The Morgan fingerprint density at radius 2 is 1.71 bits per heavy atom. The second kappa shape index (κ2) is 4.09. The normalized spacial score (nSPS) is 21.0. The molecule has 0 aromatic heterocycles. The highest BCUT2D eigenvalue weighted by Gasteiger charge is 2.41. The van der Waals surface area contributed by atoms with E-state index in [1.165, 1.54) is 12.1 Å². The molecule has 0 fully saturated rings. The van der Waals surface area contributed by atoms with E-state index in [0.29, 0.717) is 5.56 Å². The molecule has 0 saturated heterocycles. The summed E-state index contributed by atoms with van der Waals surface area (Å²) >= 11 is 0. The molecule has 0 aliphatic heterocycles. The van der Waals surface area contributed by atoms with Crippen molar-refractivity contribution in [3.63, 3.8) is 0 Å². The van der Waals surface area contributed by atoms with Crippen molar-refractivity contribution in [1.29, 1.82) is 0 Å². The van der Waals surface area contributed by atoms with Crippen LogP contribution in [0, 0.1) is 11.8 Å². The molecule has 2 unspecified atom stereocenters. The maximum absolute atomic E-state index is 12.2. The number of carbonyl (C=O) groups excluding carboxylic acids is 3. The maximum atomic E-state index is 12.2. The molecule has 0 bridgehead atoms. The van der Waals surface area contributed by atoms with E-state index < -0.39 is 17.5 Å². The van der Waals surface area contributed by atoms with Gasteiger partial charge >= 0.3 is 0 Å². The molecular weight excluding hydrogens is 216 g/mol. The summed E-state index contributed by atoms with van der Waals surface area (Å²) in [5.41, 5.74) is 0.561. The minimum Gasteiger partial charge on any atom is -0.293 e. The van der Waals surface area contributed by atoms with Crippen LogP contribution in [0.25, 0.3) is 0 Å². The van der Waals surface area contributed by atoms with Crippen molar-refractivity contribution >= 4 is 17.3 Å². The van der Waals surface area contributed by atoms with Crippen LogP contribution in [0.2, 0.25) is 0 Å². The van der Waals surface area contributed by atoms with Crippen LogP contribution in [0.1, 0.15) is 27.6 Å². The fourth-order valence-electron chi connectivity index (χ4n) is 2.07. The second-order valence-electron chi connectivity index (χ2n) is 4.18. The Labute approximate surface area is 99.1 Å². The first kappa shape index (κ1) is 11.5. The van der Waals surface area contributed by atoms with Crippen molar-refractivity contribution in [3.8, 4) is 0 Å². The van der Waals surface area contributed by atoms with Crippen molar-refractivity contribution in [2.45, 2.75) is 6.92 Å². The highest BCUT2D eigenvalue weighted by Crippen LogP contribution is 2.28. The van der Waals surface area contributed by atoms with Gasteiger partial charge < -0.3 is 0 Å². The van der Waals surface area contributed by atoms with Crippen LogP contribution >= 0.6 is 0 Å². The third kappa shape index (κ3) is 1.64. The number of hydrogen-bond donors (Lipinski definition) is 0. The van der Waals surface area contributed by atoms with Crippen LogP contribution in [-0.2, 0) is 4.79 Å². The highest BCUT2D eigenvalue weighted by atomic mass is 16.2. The Hall–Kier alpha value is -2.03. The molecule has 3 heteroatoms. The monoisotopic (exact) mass is 228 g/mol. The Kier molecular flexibility index (Phi) is 2.76. The predicted octanol–water partition coefficient (Wildman–Crippen LogP) is 2.07. The van der Waals surface area contributed by atoms with Crippen molar-refractivity contribution in [2.75, 3.05) is 0 Å². The van der Waals surface area contributed by atoms with Gasteiger partial charge in [-0.15, -0.1) is 6.58 Å². The number of fused-ring (bicyclic) bond motifs is 1. The van der Waals surface area contributed by atoms with Gasteiger partial charge in [0.2, 0.25) is 11.6 Å². The Morgan fingerprint density at radius 1 is 1.12 bits per heavy atom. The van der Waals surface area contributed by atoms with Gasteiger partial charge in [0, 0.05) is 11.1 Å². The van der Waals surface area contributed by atoms with Crippen molar-refractivity contribution < 1.29 is 14.4 Å². The first-order valence-corrected chi connectivity index (χ1v) is 5.42. The van der Waals surface area contributed by atoms with Gasteiger partial charge in [-0.2, -0.15) is 0 Å². The number of ketones is 3. The summed E-state index contributed by atoms with van der Waals surface area (Å²) in [4.78, 5) is 35.9. The van der Waals surface area contributed by atoms with Gasteiger partial charge in [0.05, 0.1) is 5.92 Å². The molecule has 0 amide bonds. The van der Waals surface area contributed by atoms with Crippen LogP contribution < -0.4 is 0 Å². The Morgan fingerprint density at radius 3 is 2.29 bits per heavy atom. The van der Waals surface area contributed by atoms with Gasteiger partial charge in [0.1, 0.15) is 0 Å². The minimum absolute atomic E-state index is 0.218. The topological polar surface area (TPSA) is 51.2 Å². The molecule has 0 radical (unpaired) electrons. The van der Waals surface area contributed by atoms with Crippen molar-refractivity contribution in [3.05, 3.63) is 48.0 Å². The Bertz CT molecular complexity index is 528. The van der Waals surface area contributed by atoms with E-state index in [0.717, 1.165) is 0 Å². The summed E-state index contributed by atoms with van der Waals surface area (Å²) in [7, 11) is 0. The van der Waals surface area contributed by atoms with E-state index in [9.17, 15) is 14.4 Å². The summed E-state index contributed by atoms with van der Waals surface area (Å²) in [5.74, 6) is -2.71. The summed E-state index contributed by atoms with van der Waals surface area (Å²) in [6.45, 7) is 5.29. The number of allylic oxidation sites excluding steroid dienone is 1. The van der Waals surface area contributed by atoms with E-state index in [1.807, 2.05) is 0 Å². The van der Waals surface area contributed by atoms with E-state index in [1.54, 1.807) is 25.1 Å². The molecule has 0 heterocycles. The number of benzene rings is 1. The van der Waals surface area contributed by atoms with Gasteiger partial charge in [0.15, 0.2) is 5.78 Å². The fraction of sp³-hybridized carbons (Fsp3) is 0.214. The van der Waals surface area contributed by atoms with Gasteiger partial charge in [-0.05, 0) is 5.92 Å². The molecule has 0 saturated carbocycles. The lowest BCUT2D eigenvalue weighted by Crippen LogP contribution is -2.40. The van der Waals surface area contributed by atoms with E-state index in [-0.39, 0.29) is 17.3 Å². The zero-order valence-corrected chi connectivity index (χ0v) is 9.47. The molecule has 1 aromatic carbocycles. The maximum Gasteiger partial charge on any atom is 0.230 e. The minimum atomic E-state index is -0.908. The predicted molar refractivity (Wildman–Crippen MR) is 63.0 cm³/mol. The lowest BCUT2D eigenvalue weighted by molar-refractivity contribution is -0.118. The van der Waals surface area contributed by atoms with Crippen molar-refractivity contribution in [2.24, 2.45) is 11.8 Å².